The van der Waals surface area contributed by atoms with E-state index in [1.807, 2.05) is 83.8 Å². The van der Waals surface area contributed by atoms with Gasteiger partial charge in [-0.2, -0.15) is 0 Å². The molecule has 17 nitrogen and oxygen atoms in total. The Hall–Kier alpha value is -11.6. The van der Waals surface area contributed by atoms with Gasteiger partial charge in [-0.25, -0.2) is 18.4 Å². The van der Waals surface area contributed by atoms with Crippen LogP contribution in [0.15, 0.2) is 218 Å². The number of carbonyl (C=O) groups is 2. The zero-order valence-corrected chi connectivity index (χ0v) is 74.4. The first-order chi connectivity index (χ1) is 62.1. The number of methoxy groups -OCH3 is 2. The Bertz CT molecular complexity index is 6410. The summed E-state index contributed by atoms with van der Waals surface area (Å²) in [6.45, 7) is 8.93. The van der Waals surface area contributed by atoms with Gasteiger partial charge in [0.1, 0.15) is 41.5 Å². The summed E-state index contributed by atoms with van der Waals surface area (Å²) in [5.74, 6) is 2.84. The molecule has 3 amide bonds. The van der Waals surface area contributed by atoms with Gasteiger partial charge in [0.25, 0.3) is 0 Å². The van der Waals surface area contributed by atoms with E-state index in [2.05, 4.69) is 150 Å². The first kappa shape index (κ1) is 86.2. The molecular formula is C105H108Cl3F2N11O6. The lowest BCUT2D eigenvalue weighted by molar-refractivity contribution is 0.0932. The minimum atomic E-state index is -0.368. The molecule has 0 saturated heterocycles. The van der Waals surface area contributed by atoms with Crippen molar-refractivity contribution < 1.29 is 37.3 Å². The number of fused-ring (bicyclic) bond motifs is 15. The monoisotopic (exact) mass is 1760 g/mol. The zero-order chi connectivity index (χ0) is 87.2. The average molecular weight is 1760 g/mol. The van der Waals surface area contributed by atoms with Crippen molar-refractivity contribution in [2.45, 2.75) is 153 Å². The number of nitrogens with zero attached hydrogens (tertiary/aromatic N) is 2. The van der Waals surface area contributed by atoms with Gasteiger partial charge in [-0.05, 0) is 267 Å². The number of aromatic nitrogens is 5. The summed E-state index contributed by atoms with van der Waals surface area (Å²) < 4.78 is 49.6. The molecule has 15 aromatic rings. The van der Waals surface area contributed by atoms with E-state index in [-0.39, 0.29) is 54.0 Å². The topological polar surface area (TPSA) is 205 Å². The van der Waals surface area contributed by atoms with Crippen molar-refractivity contribution >= 4 is 101 Å². The minimum Gasteiger partial charge on any atom is -0.497 e. The van der Waals surface area contributed by atoms with Gasteiger partial charge >= 0.3 is 12.1 Å². The number of hydrogen-bond donors (Lipinski definition) is 9. The third-order valence-corrected chi connectivity index (χ3v) is 27.2. The Morgan fingerprint density at radius 3 is 1.49 bits per heavy atom. The standard InChI is InChI=1S/C25H28FN3O2.C25H24N2O2.C20H18ClFN2O2.C18H17ClN2.C17H21ClN2/c1-31-19-10-7-16(8-11-19)24-23-20(21-15-17(26)9-12-22(21)28-23)13-14-29(24)25(30)27-18-5-3-2-4-6-18;1-28-20-11-12-23-22(15-20)21-13-14-26-24(25(21)27-23)18-7-9-19(10-8-18)29-16-17-5-3-2-4-6-17;1-2-26-20(25)24-9-8-15-16-11-14(22)6-7-17(16)23-18(15)19(24)12-4-3-5-13(21)10-12;1-11-3-2-4-12(9-11)17-18-14(7-8-20-17)15-10-13(19)5-6-16(15)21-18;18-12-6-7-15-14(10-12)13-8-9-19-16(17(13)20-15)11-4-2-1-3-5-11/h7-12,15,18,24,28H,2-6,13-14H2,1H3,(H,27,30);2-12,15,24,26-27H,13-14,16H2,1H3;3-7,10-11,19,23H,2,8-9H2,1H3;2-6,9-10,17,20-21H,7-8H2,1H3;6-7,10-11,16,19-20H,1-5,8-9H2. The first-order valence-electron chi connectivity index (χ1n) is 44.9. The Balaban J connectivity index is 0.000000108. The maximum atomic E-state index is 14.0. The van der Waals surface area contributed by atoms with E-state index in [9.17, 15) is 18.4 Å². The molecule has 127 heavy (non-hydrogen) atoms. The van der Waals surface area contributed by atoms with E-state index in [4.69, 9.17) is 53.8 Å². The van der Waals surface area contributed by atoms with Crippen LogP contribution in [0, 0.1) is 24.5 Å². The van der Waals surface area contributed by atoms with Crippen molar-refractivity contribution in [3.05, 3.63) is 335 Å². The fourth-order valence-electron chi connectivity index (χ4n) is 20.4. The molecule has 7 aliphatic rings. The van der Waals surface area contributed by atoms with Crippen LogP contribution in [-0.4, -0.2) is 106 Å². The predicted molar refractivity (Wildman–Crippen MR) is 506 cm³/mol. The van der Waals surface area contributed by atoms with Crippen LogP contribution in [0.1, 0.15) is 191 Å². The second kappa shape index (κ2) is 39.0. The highest BCUT2D eigenvalue weighted by molar-refractivity contribution is 6.32. The molecule has 0 spiro atoms. The number of nitrogens with one attached hydrogen (secondary N) is 9. The van der Waals surface area contributed by atoms with Crippen LogP contribution in [-0.2, 0) is 43.4 Å². The number of aromatic amines is 5. The fourth-order valence-corrected chi connectivity index (χ4v) is 20.9. The van der Waals surface area contributed by atoms with Crippen LogP contribution in [0.3, 0.4) is 0 Å². The molecule has 5 atom stereocenters. The van der Waals surface area contributed by atoms with E-state index >= 15 is 0 Å². The highest BCUT2D eigenvalue weighted by Gasteiger charge is 2.39. The fraction of sp³-hybridized carbons (Fsp3) is 0.314. The van der Waals surface area contributed by atoms with Crippen molar-refractivity contribution in [2.24, 2.45) is 5.92 Å². The quantitative estimate of drug-likeness (QED) is 0.0570. The third kappa shape index (κ3) is 18.8. The van der Waals surface area contributed by atoms with Gasteiger partial charge in [0, 0.05) is 130 Å². The Kier molecular flexibility index (Phi) is 26.4. The number of aryl methyl sites for hydroxylation is 1. The molecule has 2 saturated carbocycles. The molecule has 5 aromatic heterocycles. The molecule has 654 valence electrons. The lowest BCUT2D eigenvalue weighted by Crippen LogP contribution is -2.49. The SMILES string of the molecule is CCOC(=O)N1CCc2c([nH]c3ccc(F)cc23)C1c1cccc(Cl)c1.COc1ccc(C2c3[nH]c4ccc(F)cc4c3CCN2C(=O)NC2CCCCC2)cc1.COc1ccc2[nH]c3c(c2c1)CCNC3c1ccc(OCc2ccccc2)cc1.Cc1cccc(C2NCCc3c2[nH]c2ccc(Cl)cc32)c1.Clc1ccc2[nH]c3c(c2c1)CCNC3C1CCCCC1. The third-order valence-electron chi connectivity index (χ3n) is 26.5. The Morgan fingerprint density at radius 1 is 0.425 bits per heavy atom. The summed E-state index contributed by atoms with van der Waals surface area (Å²) in [7, 11) is 3.36. The maximum absolute atomic E-state index is 14.0. The van der Waals surface area contributed by atoms with Crippen LogP contribution < -0.4 is 35.5 Å². The van der Waals surface area contributed by atoms with E-state index < -0.39 is 0 Å². The lowest BCUT2D eigenvalue weighted by Gasteiger charge is -2.37. The number of halogens is 5. The van der Waals surface area contributed by atoms with Gasteiger partial charge < -0.3 is 70.0 Å². The van der Waals surface area contributed by atoms with E-state index in [0.29, 0.717) is 50.2 Å². The molecule has 10 aromatic carbocycles. The normalized spacial score (nSPS) is 18.4. The van der Waals surface area contributed by atoms with Crippen molar-refractivity contribution in [1.82, 2.24) is 56.0 Å². The number of hydrogen-bond acceptors (Lipinski definition) is 9. The van der Waals surface area contributed by atoms with Crippen molar-refractivity contribution in [3.63, 3.8) is 0 Å². The molecule has 2 aliphatic carbocycles. The van der Waals surface area contributed by atoms with Crippen LogP contribution in [0.2, 0.25) is 15.1 Å². The molecule has 10 heterocycles. The molecule has 22 rings (SSSR count). The molecule has 0 radical (unpaired) electrons. The molecule has 5 aliphatic heterocycles. The van der Waals surface area contributed by atoms with Crippen molar-refractivity contribution in [1.29, 1.82) is 0 Å². The number of rotatable bonds is 12. The highest BCUT2D eigenvalue weighted by Crippen LogP contribution is 2.45. The Labute approximate surface area is 754 Å². The van der Waals surface area contributed by atoms with Gasteiger partial charge in [0.05, 0.1) is 45.0 Å². The summed E-state index contributed by atoms with van der Waals surface area (Å²) in [6.07, 6.45) is 16.7. The number of amides is 3. The predicted octanol–water partition coefficient (Wildman–Crippen LogP) is 24.3. The van der Waals surface area contributed by atoms with E-state index in [1.165, 1.54) is 147 Å². The number of benzene rings is 10. The zero-order valence-electron chi connectivity index (χ0n) is 72.1. The van der Waals surface area contributed by atoms with Crippen LogP contribution >= 0.6 is 34.8 Å². The first-order valence-corrected chi connectivity index (χ1v) is 46.0. The molecule has 5 unspecified atom stereocenters. The highest BCUT2D eigenvalue weighted by atomic mass is 35.5. The molecular weight excluding hydrogens is 1660 g/mol. The second-order valence-electron chi connectivity index (χ2n) is 34.4. The van der Waals surface area contributed by atoms with Gasteiger partial charge in [-0.15, -0.1) is 0 Å². The average Bonchev–Trinajstić information content (AvgIpc) is 1.65. The summed E-state index contributed by atoms with van der Waals surface area (Å²) in [6, 6.07) is 71.3. The van der Waals surface area contributed by atoms with Gasteiger partial charge in [-0.3, -0.25) is 4.90 Å². The van der Waals surface area contributed by atoms with E-state index in [0.717, 1.165) is 146 Å². The molecule has 22 heteroatoms. The number of H-pyrrole nitrogens is 5. The van der Waals surface area contributed by atoms with Crippen LogP contribution in [0.25, 0.3) is 54.5 Å². The summed E-state index contributed by atoms with van der Waals surface area (Å²) in [5.41, 5.74) is 24.4. The van der Waals surface area contributed by atoms with Gasteiger partial charge in [-0.1, -0.05) is 170 Å². The second-order valence-corrected chi connectivity index (χ2v) is 35.7. The number of urea groups is 1. The number of carbonyl (C=O) groups excluding carboxylic acids is 2. The van der Waals surface area contributed by atoms with Gasteiger partial charge in [0.15, 0.2) is 0 Å². The largest absolute Gasteiger partial charge is 0.497 e. The lowest BCUT2D eigenvalue weighted by atomic mass is 9.80. The molecule has 2 fully saturated rings. The van der Waals surface area contributed by atoms with Crippen LogP contribution in [0.4, 0.5) is 18.4 Å². The minimum absolute atomic E-state index is 0.0248. The summed E-state index contributed by atoms with van der Waals surface area (Å²) in [5, 5.41) is 22.2. The smallest absolute Gasteiger partial charge is 0.410 e. The van der Waals surface area contributed by atoms with Crippen LogP contribution in [0.5, 0.6) is 17.2 Å². The van der Waals surface area contributed by atoms with E-state index in [1.54, 1.807) is 56.4 Å². The molecule has 9 N–H and O–H groups in total. The maximum Gasteiger partial charge on any atom is 0.410 e. The number of ether oxygens (including phenoxy) is 4. The van der Waals surface area contributed by atoms with Crippen molar-refractivity contribution in [3.8, 4) is 17.2 Å². The molecule has 0 bridgehead atoms. The summed E-state index contributed by atoms with van der Waals surface area (Å²) >= 11 is 18.5. The van der Waals surface area contributed by atoms with Crippen molar-refractivity contribution in [2.75, 3.05) is 53.6 Å². The van der Waals surface area contributed by atoms with Gasteiger partial charge in [0.2, 0.25) is 0 Å². The Morgan fingerprint density at radius 2 is 0.898 bits per heavy atom. The summed E-state index contributed by atoms with van der Waals surface area (Å²) in [4.78, 5) is 47.3.